The molecule has 0 bridgehead atoms. The van der Waals surface area contributed by atoms with Crippen LogP contribution in [0.15, 0.2) is 479 Å². The summed E-state index contributed by atoms with van der Waals surface area (Å²) in [5, 5.41) is 0. The first-order chi connectivity index (χ1) is 67.0. The molecule has 0 nitrogen and oxygen atoms in total. The van der Waals surface area contributed by atoms with E-state index in [1.54, 1.807) is 0 Å². The quantitative estimate of drug-likeness (QED) is 0.121. The molecule has 0 heterocycles. The molecule has 5 aliphatic carbocycles. The highest BCUT2D eigenvalue weighted by Crippen LogP contribution is 2.50. The van der Waals surface area contributed by atoms with E-state index in [2.05, 4.69) is 514 Å². The normalized spacial score (nSPS) is 11.9. The summed E-state index contributed by atoms with van der Waals surface area (Å²) in [7, 11) is 0. The molecule has 136 heavy (non-hydrogen) atoms. The standard InChI is InChI=1S/2C32H24.2C26H20.C20H16/c1-22-8-5-14-29-30-15-7-13-28(32(30)21-31(22)29)27-12-6-11-26(20-27)25-18-16-24(17-19-25)23-9-3-2-4-10-23;1-22-7-5-11-29-30-12-6-10-28(32(30)21-31(22)29)27-19-17-26(18-20-27)25-15-13-24(14-16-25)23-8-3-2-4-9-23;1-18-8-5-14-23-24-15-7-13-22(26(24)17-25(18)23)21-12-6-11-20(16-21)19-9-3-2-4-10-19;1-18-7-5-11-23-24-12-6-10-22(26(24)17-25(18)23)21-15-13-20(14-16-21)19-8-3-2-4-9-19;1-14-7-5-11-17-18-12-6-10-16(20(18)13-19(14)17)15-8-3-2-4-9-15/h2*2-20H,21H2,1H3;2*2-16H,17H2,1H3;2-12H,13H2,1H3. The SMILES string of the molecule is Cc1cccc2c1Cc1c(-c3ccc(-c4ccc(-c5ccccc5)cc4)cc3)cccc1-2.Cc1cccc2c1Cc1c(-c3ccc(-c4ccccc4)cc3)cccc1-2.Cc1cccc2c1Cc1c(-c3cccc(-c4ccc(-c5ccccc5)cc4)c3)cccc1-2.Cc1cccc2c1Cc1c(-c3cccc(-c4ccccc4)c3)cccc1-2.Cc1cccc2c1Cc1c(-c3ccccc3)cccc1-2. The molecule has 21 aromatic carbocycles. The van der Waals surface area contributed by atoms with E-state index in [0.29, 0.717) is 0 Å². The third kappa shape index (κ3) is 16.9. The molecule has 0 fully saturated rings. The van der Waals surface area contributed by atoms with Crippen LogP contribution in [0.5, 0.6) is 0 Å². The van der Waals surface area contributed by atoms with E-state index in [9.17, 15) is 0 Å². The highest BCUT2D eigenvalue weighted by atomic mass is 14.3. The van der Waals surface area contributed by atoms with Crippen LogP contribution < -0.4 is 0 Å². The fourth-order valence-corrected chi connectivity index (χ4v) is 21.6. The Bertz CT molecular complexity index is 8000. The summed E-state index contributed by atoms with van der Waals surface area (Å²) in [6.07, 6.45) is 5.17. The molecule has 26 rings (SSSR count). The average Bonchev–Trinajstić information content (AvgIpc) is 1.63. The fourth-order valence-electron chi connectivity index (χ4n) is 21.6. The number of rotatable bonds is 11. The molecular weight excluding hydrogens is 1630 g/mol. The molecule has 0 heteroatoms. The predicted molar refractivity (Wildman–Crippen MR) is 577 cm³/mol. The van der Waals surface area contributed by atoms with Gasteiger partial charge < -0.3 is 0 Å². The lowest BCUT2D eigenvalue weighted by atomic mass is 9.93. The molecule has 0 aromatic heterocycles. The van der Waals surface area contributed by atoms with Crippen molar-refractivity contribution in [3.63, 3.8) is 0 Å². The lowest BCUT2D eigenvalue weighted by Gasteiger charge is -2.11. The van der Waals surface area contributed by atoms with Crippen LogP contribution in [0.25, 0.3) is 178 Å². The zero-order valence-electron chi connectivity index (χ0n) is 77.6. The van der Waals surface area contributed by atoms with Crippen molar-refractivity contribution >= 4 is 0 Å². The van der Waals surface area contributed by atoms with Crippen molar-refractivity contribution in [2.75, 3.05) is 0 Å². The predicted octanol–water partition coefficient (Wildman–Crippen LogP) is 36.2. The highest BCUT2D eigenvalue weighted by Gasteiger charge is 2.29. The molecule has 0 aliphatic heterocycles. The van der Waals surface area contributed by atoms with Gasteiger partial charge in [0.15, 0.2) is 0 Å². The van der Waals surface area contributed by atoms with Gasteiger partial charge in [-0.15, -0.1) is 0 Å². The Morgan fingerprint density at radius 2 is 0.228 bits per heavy atom. The van der Waals surface area contributed by atoms with Crippen LogP contribution in [0.1, 0.15) is 83.5 Å². The minimum Gasteiger partial charge on any atom is -0.0622 e. The van der Waals surface area contributed by atoms with Crippen molar-refractivity contribution in [2.45, 2.75) is 66.7 Å². The highest BCUT2D eigenvalue weighted by molar-refractivity contribution is 5.93. The molecule has 0 N–H and O–H groups in total. The molecule has 648 valence electrons. The number of hydrogen-bond donors (Lipinski definition) is 0. The maximum absolute atomic E-state index is 2.34. The van der Waals surface area contributed by atoms with Gasteiger partial charge in [0, 0.05) is 0 Å². The first-order valence-corrected chi connectivity index (χ1v) is 48.0. The van der Waals surface area contributed by atoms with Crippen LogP contribution in [0, 0.1) is 34.6 Å². The summed E-state index contributed by atoms with van der Waals surface area (Å²) in [5.74, 6) is 0. The third-order valence-corrected chi connectivity index (χ3v) is 28.8. The molecule has 0 saturated heterocycles. The van der Waals surface area contributed by atoms with Crippen LogP contribution in [-0.4, -0.2) is 0 Å². The van der Waals surface area contributed by atoms with Crippen LogP contribution in [0.3, 0.4) is 0 Å². The first kappa shape index (κ1) is 85.1. The van der Waals surface area contributed by atoms with E-state index >= 15 is 0 Å². The minimum atomic E-state index is 1.02. The van der Waals surface area contributed by atoms with Gasteiger partial charge >= 0.3 is 0 Å². The Labute approximate surface area is 801 Å². The summed E-state index contributed by atoms with van der Waals surface area (Å²) in [5.41, 5.74) is 64.0. The van der Waals surface area contributed by atoms with Gasteiger partial charge in [-0.25, -0.2) is 0 Å². The largest absolute Gasteiger partial charge is 0.0622 e. The minimum absolute atomic E-state index is 1.02. The Hall–Kier alpha value is -16.4. The summed E-state index contributed by atoms with van der Waals surface area (Å²) in [6, 6.07) is 174. The molecule has 21 aromatic rings. The second kappa shape index (κ2) is 37.7. The smallest absolute Gasteiger partial charge is 0.000466 e. The first-order valence-electron chi connectivity index (χ1n) is 48.0. The number of aryl methyl sites for hydroxylation is 5. The van der Waals surface area contributed by atoms with Gasteiger partial charge in [0.1, 0.15) is 0 Å². The van der Waals surface area contributed by atoms with E-state index in [4.69, 9.17) is 0 Å². The zero-order chi connectivity index (χ0) is 91.5. The topological polar surface area (TPSA) is 0 Å². The molecule has 0 unspecified atom stereocenters. The van der Waals surface area contributed by atoms with Crippen LogP contribution in [0.2, 0.25) is 0 Å². The van der Waals surface area contributed by atoms with Crippen molar-refractivity contribution in [3.8, 4) is 178 Å². The molecule has 0 saturated carbocycles. The fraction of sp³-hybridized carbons (Fsp3) is 0.0735. The maximum atomic E-state index is 2.34. The van der Waals surface area contributed by atoms with E-state index < -0.39 is 0 Å². The molecule has 0 amide bonds. The van der Waals surface area contributed by atoms with Gasteiger partial charge in [-0.2, -0.15) is 0 Å². The van der Waals surface area contributed by atoms with Crippen molar-refractivity contribution < 1.29 is 0 Å². The van der Waals surface area contributed by atoms with Gasteiger partial charge in [-0.05, 0) is 340 Å². The third-order valence-electron chi connectivity index (χ3n) is 28.8. The van der Waals surface area contributed by atoms with Crippen molar-refractivity contribution in [3.05, 3.63) is 563 Å². The van der Waals surface area contributed by atoms with Crippen LogP contribution in [0.4, 0.5) is 0 Å². The van der Waals surface area contributed by atoms with E-state index in [-0.39, 0.29) is 0 Å². The second-order valence-electron chi connectivity index (χ2n) is 36.8. The number of hydrogen-bond acceptors (Lipinski definition) is 0. The number of benzene rings is 21. The second-order valence-corrected chi connectivity index (χ2v) is 36.8. The lowest BCUT2D eigenvalue weighted by molar-refractivity contribution is 1.22. The molecule has 5 aliphatic rings. The summed E-state index contributed by atoms with van der Waals surface area (Å²) in [6.45, 7) is 11.1. The Kier molecular flexibility index (Phi) is 23.6. The van der Waals surface area contributed by atoms with Gasteiger partial charge in [0.25, 0.3) is 0 Å². The van der Waals surface area contributed by atoms with Gasteiger partial charge in [-0.3, -0.25) is 0 Å². The Morgan fingerprint density at radius 3 is 0.456 bits per heavy atom. The monoisotopic (exact) mass is 1740 g/mol. The summed E-state index contributed by atoms with van der Waals surface area (Å²) < 4.78 is 0. The maximum Gasteiger partial charge on any atom is -0.000466 e. The molecule has 0 spiro atoms. The van der Waals surface area contributed by atoms with Crippen molar-refractivity contribution in [1.29, 1.82) is 0 Å². The van der Waals surface area contributed by atoms with E-state index in [1.165, 1.54) is 261 Å². The van der Waals surface area contributed by atoms with Crippen molar-refractivity contribution in [1.82, 2.24) is 0 Å². The summed E-state index contributed by atoms with van der Waals surface area (Å²) >= 11 is 0. The van der Waals surface area contributed by atoms with Crippen molar-refractivity contribution in [2.24, 2.45) is 0 Å². The average molecular weight is 1740 g/mol. The summed E-state index contributed by atoms with van der Waals surface area (Å²) in [4.78, 5) is 0. The van der Waals surface area contributed by atoms with E-state index in [1.807, 2.05) is 0 Å². The molecule has 0 radical (unpaired) electrons. The molecule has 0 atom stereocenters. The van der Waals surface area contributed by atoms with Crippen LogP contribution >= 0.6 is 0 Å². The van der Waals surface area contributed by atoms with Gasteiger partial charge in [-0.1, -0.05) is 467 Å². The lowest BCUT2D eigenvalue weighted by Crippen LogP contribution is -1.89. The zero-order valence-corrected chi connectivity index (χ0v) is 77.6. The van der Waals surface area contributed by atoms with E-state index in [0.717, 1.165) is 32.1 Å². The van der Waals surface area contributed by atoms with Gasteiger partial charge in [0.2, 0.25) is 0 Å². The Balaban J connectivity index is 0.0000000993. The molecular formula is C136H104. The van der Waals surface area contributed by atoms with Gasteiger partial charge in [0.05, 0.1) is 0 Å². The Morgan fingerprint density at radius 1 is 0.0956 bits per heavy atom. The van der Waals surface area contributed by atoms with Crippen LogP contribution in [-0.2, 0) is 32.1 Å². The number of fused-ring (bicyclic) bond motifs is 15.